The first kappa shape index (κ1) is 21.4. The molecule has 0 bridgehead atoms. The molecule has 1 fully saturated rings. The van der Waals surface area contributed by atoms with E-state index in [0.29, 0.717) is 16.6 Å². The Morgan fingerprint density at radius 3 is 1.85 bits per heavy atom. The van der Waals surface area contributed by atoms with Crippen molar-refractivity contribution in [2.45, 2.75) is 95.7 Å². The fourth-order valence-corrected chi connectivity index (χ4v) is 10.5. The van der Waals surface area contributed by atoms with E-state index >= 15 is 0 Å². The van der Waals surface area contributed by atoms with Gasteiger partial charge in [-0.1, -0.05) is 41.5 Å². The molecule has 2 rings (SSSR count). The van der Waals surface area contributed by atoms with Crippen molar-refractivity contribution in [2.75, 3.05) is 0 Å². The minimum atomic E-state index is -2.25. The molecule has 0 radical (unpaired) electrons. The normalized spacial score (nSPS) is 25.4. The number of hydrogen-bond acceptors (Lipinski definition) is 3. The van der Waals surface area contributed by atoms with Crippen molar-refractivity contribution in [3.63, 3.8) is 0 Å². The van der Waals surface area contributed by atoms with Crippen LogP contribution >= 0.6 is 0 Å². The Morgan fingerprint density at radius 1 is 1.04 bits per heavy atom. The van der Waals surface area contributed by atoms with Gasteiger partial charge in [-0.3, -0.25) is 4.79 Å². The molecule has 26 heavy (non-hydrogen) atoms. The summed E-state index contributed by atoms with van der Waals surface area (Å²) in [4.78, 5) is 11.5. The second kappa shape index (κ2) is 6.95. The van der Waals surface area contributed by atoms with Gasteiger partial charge >= 0.3 is 0 Å². The maximum absolute atomic E-state index is 14.7. The van der Waals surface area contributed by atoms with Crippen LogP contribution in [0.2, 0.25) is 16.6 Å². The molecule has 3 nitrogen and oxygen atoms in total. The van der Waals surface area contributed by atoms with Crippen molar-refractivity contribution < 1.29 is 22.7 Å². The van der Waals surface area contributed by atoms with Crippen LogP contribution in [0, 0.1) is 0 Å². The number of carbonyl (C=O) groups excluding carboxylic acids is 1. The third-order valence-corrected chi connectivity index (χ3v) is 12.2. The average Bonchev–Trinajstić information content (AvgIpc) is 2.73. The van der Waals surface area contributed by atoms with E-state index in [1.807, 2.05) is 13.8 Å². The van der Waals surface area contributed by atoms with Gasteiger partial charge in [0, 0.05) is 18.6 Å². The maximum atomic E-state index is 14.7. The van der Waals surface area contributed by atoms with Gasteiger partial charge in [0.25, 0.3) is 0 Å². The molecule has 0 aromatic rings. The molecule has 0 saturated carbocycles. The largest absolute Gasteiger partial charge is 0.410 e. The van der Waals surface area contributed by atoms with Crippen LogP contribution in [0.5, 0.6) is 0 Å². The van der Waals surface area contributed by atoms with Crippen molar-refractivity contribution in [3.05, 3.63) is 23.8 Å². The van der Waals surface area contributed by atoms with E-state index < -0.39 is 43.1 Å². The van der Waals surface area contributed by atoms with Crippen LogP contribution in [0.4, 0.5) is 8.78 Å². The molecule has 0 N–H and O–H groups in total. The van der Waals surface area contributed by atoms with E-state index in [1.165, 1.54) is 0 Å². The van der Waals surface area contributed by atoms with Crippen LogP contribution in [0.3, 0.4) is 0 Å². The predicted octanol–water partition coefficient (Wildman–Crippen LogP) is 5.77. The molecule has 0 amide bonds. The summed E-state index contributed by atoms with van der Waals surface area (Å²) in [6.45, 7) is 16.6. The lowest BCUT2D eigenvalue weighted by Gasteiger charge is -2.45. The molecule has 1 spiro atoms. The molecule has 1 saturated heterocycles. The van der Waals surface area contributed by atoms with E-state index in [-0.39, 0.29) is 6.42 Å². The third-order valence-electron chi connectivity index (χ3n) is 6.05. The first-order valence-electron chi connectivity index (χ1n) is 9.47. The summed E-state index contributed by atoms with van der Waals surface area (Å²) in [7, 11) is -2.25. The van der Waals surface area contributed by atoms with Crippen LogP contribution < -0.4 is 0 Å². The highest BCUT2D eigenvalue weighted by Gasteiger charge is 2.60. The zero-order valence-corrected chi connectivity index (χ0v) is 18.2. The molecule has 1 aliphatic carbocycles. The molecule has 0 aromatic heterocycles. The topological polar surface area (TPSA) is 35.5 Å². The SMILES string of the molecule is CC(C)[Si](O[C@@H]1CC2(OC1(C)C)C(F)=CC(=O)C=C2F)(C(C)C)C(C)C. The molecular formula is C20H32F2O3Si. The summed E-state index contributed by atoms with van der Waals surface area (Å²) in [5, 5.41) is 0. The van der Waals surface area contributed by atoms with Crippen molar-refractivity contribution in [3.8, 4) is 0 Å². The lowest BCUT2D eigenvalue weighted by molar-refractivity contribution is -0.113. The molecule has 0 unspecified atom stereocenters. The van der Waals surface area contributed by atoms with Gasteiger partial charge in [0.1, 0.15) is 11.7 Å². The van der Waals surface area contributed by atoms with Gasteiger partial charge in [-0.05, 0) is 30.5 Å². The highest BCUT2D eigenvalue weighted by molar-refractivity contribution is 6.77. The van der Waals surface area contributed by atoms with Crippen LogP contribution in [0.15, 0.2) is 23.8 Å². The fraction of sp³-hybridized carbons (Fsp3) is 0.750. The van der Waals surface area contributed by atoms with Crippen molar-refractivity contribution in [1.82, 2.24) is 0 Å². The van der Waals surface area contributed by atoms with Gasteiger partial charge in [0.15, 0.2) is 11.4 Å². The van der Waals surface area contributed by atoms with E-state index in [2.05, 4.69) is 41.5 Å². The first-order chi connectivity index (χ1) is 11.8. The second-order valence-corrected chi connectivity index (χ2v) is 14.5. The molecule has 1 atom stereocenters. The number of rotatable bonds is 5. The van der Waals surface area contributed by atoms with Crippen molar-refractivity contribution in [2.24, 2.45) is 0 Å². The molecule has 1 aliphatic heterocycles. The van der Waals surface area contributed by atoms with Crippen molar-refractivity contribution >= 4 is 14.1 Å². The van der Waals surface area contributed by atoms with Gasteiger partial charge in [-0.15, -0.1) is 0 Å². The van der Waals surface area contributed by atoms with Gasteiger partial charge in [-0.2, -0.15) is 0 Å². The molecule has 148 valence electrons. The minimum Gasteiger partial charge on any atom is -0.410 e. The highest BCUT2D eigenvalue weighted by Crippen LogP contribution is 2.53. The monoisotopic (exact) mass is 386 g/mol. The number of hydrogen-bond donors (Lipinski definition) is 0. The molecule has 1 heterocycles. The van der Waals surface area contributed by atoms with E-state index in [4.69, 9.17) is 9.16 Å². The van der Waals surface area contributed by atoms with Gasteiger partial charge in [0.05, 0.1) is 11.7 Å². The summed E-state index contributed by atoms with van der Waals surface area (Å²) in [5.41, 5.74) is -1.64. The molecular weight excluding hydrogens is 354 g/mol. The zero-order chi connectivity index (χ0) is 20.1. The lowest BCUT2D eigenvalue weighted by Crippen LogP contribution is -2.53. The Bertz CT molecular complexity index is 591. The quantitative estimate of drug-likeness (QED) is 0.562. The summed E-state index contributed by atoms with van der Waals surface area (Å²) in [6.07, 6.45) is 1.23. The first-order valence-corrected chi connectivity index (χ1v) is 11.6. The van der Waals surface area contributed by atoms with Gasteiger partial charge in [0.2, 0.25) is 8.32 Å². The molecule has 2 aliphatic rings. The molecule has 0 aromatic carbocycles. The summed E-state index contributed by atoms with van der Waals surface area (Å²) >= 11 is 0. The Morgan fingerprint density at radius 2 is 1.46 bits per heavy atom. The predicted molar refractivity (Wildman–Crippen MR) is 102 cm³/mol. The van der Waals surface area contributed by atoms with Crippen LogP contribution in [0.1, 0.15) is 61.8 Å². The highest BCUT2D eigenvalue weighted by atomic mass is 28.4. The Labute approximate surface area is 157 Å². The standard InChI is InChI=1S/C20H32F2O3Si/c1-12(2)26(13(3)4,14(5)6)24-18-11-20(25-19(18,7)8)16(21)9-15(23)10-17(20)22/h9-10,12-14,18H,11H2,1-8H3/t18-/m1/s1. The fourth-order valence-electron chi connectivity index (χ4n) is 4.83. The number of ether oxygens (including phenoxy) is 1. The second-order valence-electron chi connectivity index (χ2n) is 9.05. The smallest absolute Gasteiger partial charge is 0.200 e. The Kier molecular flexibility index (Phi) is 5.73. The molecule has 6 heteroatoms. The average molecular weight is 387 g/mol. The van der Waals surface area contributed by atoms with Crippen LogP contribution in [-0.2, 0) is 14.0 Å². The lowest BCUT2D eigenvalue weighted by atomic mass is 9.89. The van der Waals surface area contributed by atoms with E-state index in [1.54, 1.807) is 0 Å². The Hall–Kier alpha value is -0.853. The minimum absolute atomic E-state index is 0.0405. The van der Waals surface area contributed by atoms with Gasteiger partial charge in [-0.25, -0.2) is 8.78 Å². The zero-order valence-electron chi connectivity index (χ0n) is 17.2. The van der Waals surface area contributed by atoms with Gasteiger partial charge < -0.3 is 9.16 Å². The van der Waals surface area contributed by atoms with Crippen LogP contribution in [-0.4, -0.2) is 31.4 Å². The summed E-state index contributed by atoms with van der Waals surface area (Å²) < 4.78 is 42.0. The number of ketones is 1. The Balaban J connectivity index is 2.44. The van der Waals surface area contributed by atoms with Crippen molar-refractivity contribution in [1.29, 1.82) is 0 Å². The van der Waals surface area contributed by atoms with E-state index in [9.17, 15) is 13.6 Å². The third kappa shape index (κ3) is 3.25. The number of halogens is 2. The summed E-state index contributed by atoms with van der Waals surface area (Å²) in [5.74, 6) is -2.42. The summed E-state index contributed by atoms with van der Waals surface area (Å²) in [6, 6.07) is 0. The van der Waals surface area contributed by atoms with E-state index in [0.717, 1.165) is 12.2 Å². The number of carbonyl (C=O) groups is 1. The number of allylic oxidation sites excluding steroid dienone is 2. The maximum Gasteiger partial charge on any atom is 0.200 e. The van der Waals surface area contributed by atoms with Crippen LogP contribution in [0.25, 0.3) is 0 Å².